The lowest BCUT2D eigenvalue weighted by Gasteiger charge is -2.14. The van der Waals surface area contributed by atoms with E-state index in [1.54, 1.807) is 4.57 Å². The summed E-state index contributed by atoms with van der Waals surface area (Å²) in [6, 6.07) is 5.65. The second-order valence-electron chi connectivity index (χ2n) is 6.45. The van der Waals surface area contributed by atoms with Gasteiger partial charge in [0.15, 0.2) is 16.8 Å². The van der Waals surface area contributed by atoms with Crippen LogP contribution in [0.4, 0.5) is 8.78 Å². The third-order valence-corrected chi connectivity index (χ3v) is 4.78. The van der Waals surface area contributed by atoms with Crippen LogP contribution in [0.2, 0.25) is 0 Å². The van der Waals surface area contributed by atoms with E-state index in [0.29, 0.717) is 34.1 Å². The number of rotatable bonds is 5. The van der Waals surface area contributed by atoms with Crippen LogP contribution in [-0.2, 0) is 12.3 Å². The van der Waals surface area contributed by atoms with Crippen LogP contribution in [0.25, 0.3) is 11.0 Å². The van der Waals surface area contributed by atoms with Gasteiger partial charge in [0.25, 0.3) is 5.56 Å². The summed E-state index contributed by atoms with van der Waals surface area (Å²) in [5.41, 5.74) is 2.52. The van der Waals surface area contributed by atoms with Crippen molar-refractivity contribution >= 4 is 22.8 Å². The molecule has 0 fully saturated rings. The first-order valence-electron chi connectivity index (χ1n) is 8.02. The predicted octanol–water partition coefficient (Wildman–Crippen LogP) is 4.26. The Bertz CT molecular complexity index is 978. The van der Waals surface area contributed by atoms with Crippen molar-refractivity contribution in [2.24, 2.45) is 5.92 Å². The number of aromatic nitrogens is 3. The van der Waals surface area contributed by atoms with Crippen molar-refractivity contribution in [3.63, 3.8) is 0 Å². The largest absolute Gasteiger partial charge is 0.353 e. The first-order valence-corrected chi connectivity index (χ1v) is 9.00. The van der Waals surface area contributed by atoms with Crippen LogP contribution in [0, 0.1) is 24.5 Å². The molecule has 1 aromatic carbocycles. The van der Waals surface area contributed by atoms with Gasteiger partial charge < -0.3 is 4.98 Å². The van der Waals surface area contributed by atoms with Crippen LogP contribution in [0.5, 0.6) is 0 Å². The molecule has 0 atom stereocenters. The predicted molar refractivity (Wildman–Crippen MR) is 95.8 cm³/mol. The highest BCUT2D eigenvalue weighted by Gasteiger charge is 2.15. The molecule has 4 nitrogen and oxygen atoms in total. The number of aromatic amines is 1. The monoisotopic (exact) mass is 363 g/mol. The summed E-state index contributed by atoms with van der Waals surface area (Å²) in [4.78, 5) is 20.4. The van der Waals surface area contributed by atoms with E-state index in [0.717, 1.165) is 11.8 Å². The quantitative estimate of drug-likeness (QED) is 0.544. The second-order valence-corrected chi connectivity index (χ2v) is 7.40. The molecule has 0 aliphatic rings. The SMILES string of the molecule is Cc1cc2nc(SCc3ccc(F)c(F)c3)n(CC(C)C)c(=O)c2[nH]1. The molecule has 0 aliphatic heterocycles. The molecule has 0 radical (unpaired) electrons. The Morgan fingerprint density at radius 2 is 2.00 bits per heavy atom. The lowest BCUT2D eigenvalue weighted by atomic mass is 10.2. The van der Waals surface area contributed by atoms with E-state index in [1.165, 1.54) is 23.9 Å². The maximum atomic E-state index is 13.4. The van der Waals surface area contributed by atoms with Crippen molar-refractivity contribution in [2.75, 3.05) is 0 Å². The molecule has 2 aromatic heterocycles. The fraction of sp³-hybridized carbons (Fsp3) is 0.333. The van der Waals surface area contributed by atoms with Crippen LogP contribution in [0.1, 0.15) is 25.1 Å². The van der Waals surface area contributed by atoms with Crippen molar-refractivity contribution in [1.82, 2.24) is 14.5 Å². The number of H-pyrrole nitrogens is 1. The number of thioether (sulfide) groups is 1. The molecule has 2 heterocycles. The highest BCUT2D eigenvalue weighted by atomic mass is 32.2. The van der Waals surface area contributed by atoms with E-state index in [2.05, 4.69) is 9.97 Å². The van der Waals surface area contributed by atoms with Gasteiger partial charge in [0.1, 0.15) is 5.52 Å². The molecular weight excluding hydrogens is 344 g/mol. The summed E-state index contributed by atoms with van der Waals surface area (Å²) in [7, 11) is 0. The molecule has 0 unspecified atom stereocenters. The Morgan fingerprint density at radius 1 is 1.24 bits per heavy atom. The zero-order chi connectivity index (χ0) is 18.1. The number of benzene rings is 1. The van der Waals surface area contributed by atoms with E-state index in [-0.39, 0.29) is 11.5 Å². The normalized spacial score (nSPS) is 11.6. The summed E-state index contributed by atoms with van der Waals surface area (Å²) >= 11 is 1.34. The van der Waals surface area contributed by atoms with Gasteiger partial charge in [-0.05, 0) is 36.6 Å². The topological polar surface area (TPSA) is 50.7 Å². The standard InChI is InChI=1S/C18H19F2N3OS/c1-10(2)8-23-17(24)16-15(6-11(3)21-16)22-18(23)25-9-12-4-5-13(19)14(20)7-12/h4-7,10,21H,8-9H2,1-3H3. The van der Waals surface area contributed by atoms with Crippen molar-refractivity contribution < 1.29 is 8.78 Å². The van der Waals surface area contributed by atoms with Crippen LogP contribution < -0.4 is 5.56 Å². The molecule has 132 valence electrons. The van der Waals surface area contributed by atoms with Gasteiger partial charge in [0, 0.05) is 18.0 Å². The molecule has 0 amide bonds. The molecular formula is C18H19F2N3OS. The highest BCUT2D eigenvalue weighted by Crippen LogP contribution is 2.24. The van der Waals surface area contributed by atoms with Gasteiger partial charge in [-0.2, -0.15) is 0 Å². The zero-order valence-corrected chi connectivity index (χ0v) is 15.1. The van der Waals surface area contributed by atoms with Crippen LogP contribution >= 0.6 is 11.8 Å². The van der Waals surface area contributed by atoms with Crippen molar-refractivity contribution in [2.45, 2.75) is 38.2 Å². The Kier molecular flexibility index (Phi) is 4.94. The molecule has 25 heavy (non-hydrogen) atoms. The van der Waals surface area contributed by atoms with Gasteiger partial charge in [-0.15, -0.1) is 0 Å². The Morgan fingerprint density at radius 3 is 2.68 bits per heavy atom. The van der Waals surface area contributed by atoms with Gasteiger partial charge in [0.2, 0.25) is 0 Å². The number of nitrogens with zero attached hydrogens (tertiary/aromatic N) is 2. The average molecular weight is 363 g/mol. The number of hydrogen-bond donors (Lipinski definition) is 1. The minimum absolute atomic E-state index is 0.111. The molecule has 7 heteroatoms. The summed E-state index contributed by atoms with van der Waals surface area (Å²) in [6.07, 6.45) is 0. The average Bonchev–Trinajstić information content (AvgIpc) is 2.92. The van der Waals surface area contributed by atoms with Crippen molar-refractivity contribution in [1.29, 1.82) is 0 Å². The van der Waals surface area contributed by atoms with E-state index in [4.69, 9.17) is 0 Å². The summed E-state index contributed by atoms with van der Waals surface area (Å²) in [5, 5.41) is 0.579. The zero-order valence-electron chi connectivity index (χ0n) is 14.3. The minimum Gasteiger partial charge on any atom is -0.353 e. The lowest BCUT2D eigenvalue weighted by Crippen LogP contribution is -2.25. The molecule has 0 saturated carbocycles. The lowest BCUT2D eigenvalue weighted by molar-refractivity contribution is 0.475. The molecule has 0 spiro atoms. The maximum absolute atomic E-state index is 13.4. The fourth-order valence-electron chi connectivity index (χ4n) is 2.62. The second kappa shape index (κ2) is 7.00. The minimum atomic E-state index is -0.873. The van der Waals surface area contributed by atoms with Gasteiger partial charge in [-0.1, -0.05) is 31.7 Å². The molecule has 0 aliphatic carbocycles. The van der Waals surface area contributed by atoms with Crippen LogP contribution in [0.3, 0.4) is 0 Å². The summed E-state index contributed by atoms with van der Waals surface area (Å²) < 4.78 is 28.1. The molecule has 0 saturated heterocycles. The molecule has 1 N–H and O–H groups in total. The van der Waals surface area contributed by atoms with Gasteiger partial charge in [-0.25, -0.2) is 13.8 Å². The van der Waals surface area contributed by atoms with Crippen molar-refractivity contribution in [3.8, 4) is 0 Å². The molecule has 3 aromatic rings. The first-order chi connectivity index (χ1) is 11.8. The summed E-state index contributed by atoms with van der Waals surface area (Å²) in [6.45, 7) is 6.47. The smallest absolute Gasteiger partial charge is 0.278 e. The molecule has 3 rings (SSSR count). The Labute approximate surface area is 148 Å². The van der Waals surface area contributed by atoms with Gasteiger partial charge >= 0.3 is 0 Å². The van der Waals surface area contributed by atoms with Gasteiger partial charge in [-0.3, -0.25) is 9.36 Å². The maximum Gasteiger partial charge on any atom is 0.278 e. The van der Waals surface area contributed by atoms with E-state index in [1.807, 2.05) is 26.8 Å². The van der Waals surface area contributed by atoms with E-state index < -0.39 is 11.6 Å². The van der Waals surface area contributed by atoms with E-state index in [9.17, 15) is 13.6 Å². The van der Waals surface area contributed by atoms with E-state index >= 15 is 0 Å². The number of nitrogens with one attached hydrogen (secondary N) is 1. The van der Waals surface area contributed by atoms with Crippen molar-refractivity contribution in [3.05, 3.63) is 57.5 Å². The fourth-order valence-corrected chi connectivity index (χ4v) is 3.58. The Hall–Kier alpha value is -2.15. The summed E-state index contributed by atoms with van der Waals surface area (Å²) in [5.74, 6) is -1.07. The van der Waals surface area contributed by atoms with Gasteiger partial charge in [0.05, 0.1) is 5.52 Å². The number of hydrogen-bond acceptors (Lipinski definition) is 3. The highest BCUT2D eigenvalue weighted by molar-refractivity contribution is 7.98. The Balaban J connectivity index is 1.98. The molecule has 0 bridgehead atoms. The third-order valence-electron chi connectivity index (χ3n) is 3.74. The van der Waals surface area contributed by atoms with Crippen LogP contribution in [0.15, 0.2) is 34.2 Å². The third kappa shape index (κ3) is 3.76. The van der Waals surface area contributed by atoms with Crippen LogP contribution in [-0.4, -0.2) is 14.5 Å². The number of halogens is 2. The number of fused-ring (bicyclic) bond motifs is 1. The number of aryl methyl sites for hydroxylation is 1. The first kappa shape index (κ1) is 17.7.